The molecule has 0 amide bonds. The number of nitrogens with one attached hydrogen (secondary N) is 1. The SMILES string of the molecule is COCCC(C)(C)CNCC(O)c1ccc(Cl)cc1. The number of rotatable bonds is 8. The second-order valence-corrected chi connectivity index (χ2v) is 6.04. The maximum absolute atomic E-state index is 10.1. The van der Waals surface area contributed by atoms with Gasteiger partial charge >= 0.3 is 0 Å². The van der Waals surface area contributed by atoms with E-state index < -0.39 is 6.10 Å². The van der Waals surface area contributed by atoms with Crippen molar-refractivity contribution in [1.29, 1.82) is 0 Å². The van der Waals surface area contributed by atoms with Crippen LogP contribution in [0, 0.1) is 5.41 Å². The van der Waals surface area contributed by atoms with Crippen molar-refractivity contribution >= 4 is 11.6 Å². The molecule has 0 aromatic heterocycles. The van der Waals surface area contributed by atoms with E-state index in [2.05, 4.69) is 19.2 Å². The van der Waals surface area contributed by atoms with Crippen LogP contribution in [0.2, 0.25) is 5.02 Å². The molecule has 1 aromatic rings. The van der Waals surface area contributed by atoms with E-state index in [4.69, 9.17) is 16.3 Å². The second-order valence-electron chi connectivity index (χ2n) is 5.61. The normalized spacial score (nSPS) is 13.5. The highest BCUT2D eigenvalue weighted by Gasteiger charge is 2.17. The third kappa shape index (κ3) is 6.39. The van der Waals surface area contributed by atoms with E-state index in [-0.39, 0.29) is 5.41 Å². The Bertz CT molecular complexity index is 365. The van der Waals surface area contributed by atoms with Crippen molar-refractivity contribution in [3.05, 3.63) is 34.9 Å². The lowest BCUT2D eigenvalue weighted by Crippen LogP contribution is -2.33. The van der Waals surface area contributed by atoms with Crippen molar-refractivity contribution in [3.8, 4) is 0 Å². The summed E-state index contributed by atoms with van der Waals surface area (Å²) in [5.74, 6) is 0. The molecular weight excluding hydrogens is 262 g/mol. The molecule has 4 heteroatoms. The summed E-state index contributed by atoms with van der Waals surface area (Å²) in [6.45, 7) is 6.52. The summed E-state index contributed by atoms with van der Waals surface area (Å²) in [6.07, 6.45) is 0.489. The molecule has 1 aromatic carbocycles. The van der Waals surface area contributed by atoms with Gasteiger partial charge in [0.1, 0.15) is 0 Å². The van der Waals surface area contributed by atoms with Gasteiger partial charge in [-0.05, 0) is 29.5 Å². The lowest BCUT2D eigenvalue weighted by molar-refractivity contribution is 0.140. The molecule has 0 bridgehead atoms. The molecule has 0 radical (unpaired) electrons. The van der Waals surface area contributed by atoms with E-state index >= 15 is 0 Å². The van der Waals surface area contributed by atoms with Gasteiger partial charge in [0.2, 0.25) is 0 Å². The highest BCUT2D eigenvalue weighted by atomic mass is 35.5. The molecule has 1 atom stereocenters. The van der Waals surface area contributed by atoms with Crippen molar-refractivity contribution in [1.82, 2.24) is 5.32 Å². The maximum atomic E-state index is 10.1. The van der Waals surface area contributed by atoms with Gasteiger partial charge in [0, 0.05) is 31.8 Å². The first-order valence-electron chi connectivity index (χ1n) is 6.58. The van der Waals surface area contributed by atoms with Crippen LogP contribution in [0.15, 0.2) is 24.3 Å². The number of methoxy groups -OCH3 is 1. The third-order valence-corrected chi connectivity index (χ3v) is 3.43. The van der Waals surface area contributed by atoms with Crippen LogP contribution in [0.1, 0.15) is 31.9 Å². The molecule has 108 valence electrons. The first kappa shape index (κ1) is 16.4. The zero-order valence-corrected chi connectivity index (χ0v) is 12.7. The standard InChI is InChI=1S/C15H24ClNO2/c1-15(2,8-9-19-3)11-17-10-14(18)12-4-6-13(16)7-5-12/h4-7,14,17-18H,8-11H2,1-3H3. The Kier molecular flexibility index (Phi) is 6.80. The Morgan fingerprint density at radius 2 is 1.95 bits per heavy atom. The zero-order chi connectivity index (χ0) is 14.3. The van der Waals surface area contributed by atoms with Gasteiger partial charge in [-0.3, -0.25) is 0 Å². The van der Waals surface area contributed by atoms with Gasteiger partial charge in [-0.25, -0.2) is 0 Å². The van der Waals surface area contributed by atoms with Gasteiger partial charge in [0.15, 0.2) is 0 Å². The van der Waals surface area contributed by atoms with Gasteiger partial charge in [-0.15, -0.1) is 0 Å². The summed E-state index contributed by atoms with van der Waals surface area (Å²) in [4.78, 5) is 0. The monoisotopic (exact) mass is 285 g/mol. The van der Waals surface area contributed by atoms with Crippen LogP contribution < -0.4 is 5.32 Å². The minimum atomic E-state index is -0.504. The molecule has 1 rings (SSSR count). The van der Waals surface area contributed by atoms with Gasteiger partial charge < -0.3 is 15.2 Å². The van der Waals surface area contributed by atoms with Gasteiger partial charge in [-0.1, -0.05) is 37.6 Å². The Morgan fingerprint density at radius 3 is 2.53 bits per heavy atom. The number of ether oxygens (including phenoxy) is 1. The average Bonchev–Trinajstić information content (AvgIpc) is 2.37. The number of aliphatic hydroxyl groups is 1. The van der Waals surface area contributed by atoms with Crippen molar-refractivity contribution in [3.63, 3.8) is 0 Å². The van der Waals surface area contributed by atoms with Crippen LogP contribution in [-0.4, -0.2) is 31.9 Å². The largest absolute Gasteiger partial charge is 0.387 e. The molecule has 2 N–H and O–H groups in total. The zero-order valence-electron chi connectivity index (χ0n) is 11.9. The molecule has 0 saturated carbocycles. The molecule has 1 unspecified atom stereocenters. The lowest BCUT2D eigenvalue weighted by atomic mass is 9.89. The minimum absolute atomic E-state index is 0.162. The number of benzene rings is 1. The molecule has 0 saturated heterocycles. The fourth-order valence-electron chi connectivity index (χ4n) is 1.82. The van der Waals surface area contributed by atoms with Crippen LogP contribution in [0.25, 0.3) is 0 Å². The molecule has 0 heterocycles. The van der Waals surface area contributed by atoms with Crippen molar-refractivity contribution in [2.24, 2.45) is 5.41 Å². The Labute approximate surface area is 120 Å². The summed E-state index contributed by atoms with van der Waals surface area (Å²) in [7, 11) is 1.72. The van der Waals surface area contributed by atoms with Gasteiger partial charge in [-0.2, -0.15) is 0 Å². The van der Waals surface area contributed by atoms with Crippen molar-refractivity contribution in [2.75, 3.05) is 26.8 Å². The molecule has 0 fully saturated rings. The molecular formula is C15H24ClNO2. The minimum Gasteiger partial charge on any atom is -0.387 e. The first-order valence-corrected chi connectivity index (χ1v) is 6.95. The first-order chi connectivity index (χ1) is 8.94. The molecule has 0 aliphatic rings. The van der Waals surface area contributed by atoms with Crippen LogP contribution in [0.3, 0.4) is 0 Å². The quantitative estimate of drug-likeness (QED) is 0.771. The van der Waals surface area contributed by atoms with Crippen LogP contribution in [-0.2, 0) is 4.74 Å². The maximum Gasteiger partial charge on any atom is 0.0914 e. The van der Waals surface area contributed by atoms with E-state index in [1.165, 1.54) is 0 Å². The van der Waals surface area contributed by atoms with E-state index in [1.54, 1.807) is 19.2 Å². The van der Waals surface area contributed by atoms with E-state index in [0.29, 0.717) is 11.6 Å². The summed E-state index contributed by atoms with van der Waals surface area (Å²) in [5.41, 5.74) is 1.04. The van der Waals surface area contributed by atoms with Crippen LogP contribution in [0.5, 0.6) is 0 Å². The predicted molar refractivity (Wildman–Crippen MR) is 79.6 cm³/mol. The fraction of sp³-hybridized carbons (Fsp3) is 0.600. The molecule has 0 aliphatic carbocycles. The Morgan fingerprint density at radius 1 is 1.32 bits per heavy atom. The summed E-state index contributed by atoms with van der Waals surface area (Å²) < 4.78 is 5.10. The predicted octanol–water partition coefficient (Wildman–Crippen LogP) is 3.03. The summed E-state index contributed by atoms with van der Waals surface area (Å²) in [6, 6.07) is 7.29. The van der Waals surface area contributed by atoms with Crippen molar-refractivity contribution < 1.29 is 9.84 Å². The van der Waals surface area contributed by atoms with Gasteiger partial charge in [0.05, 0.1) is 6.10 Å². The number of hydrogen-bond donors (Lipinski definition) is 2. The van der Waals surface area contributed by atoms with Gasteiger partial charge in [0.25, 0.3) is 0 Å². The smallest absolute Gasteiger partial charge is 0.0914 e. The molecule has 0 aliphatic heterocycles. The summed E-state index contributed by atoms with van der Waals surface area (Å²) >= 11 is 5.82. The van der Waals surface area contributed by atoms with E-state index in [9.17, 15) is 5.11 Å². The Hall–Kier alpha value is -0.610. The number of halogens is 1. The Balaban J connectivity index is 2.34. The average molecular weight is 286 g/mol. The third-order valence-electron chi connectivity index (χ3n) is 3.18. The van der Waals surface area contributed by atoms with E-state index in [1.807, 2.05) is 12.1 Å². The fourth-order valence-corrected chi connectivity index (χ4v) is 1.94. The second kappa shape index (κ2) is 7.85. The molecule has 0 spiro atoms. The van der Waals surface area contributed by atoms with Crippen LogP contribution in [0.4, 0.5) is 0 Å². The van der Waals surface area contributed by atoms with Crippen molar-refractivity contribution in [2.45, 2.75) is 26.4 Å². The van der Waals surface area contributed by atoms with E-state index in [0.717, 1.165) is 25.1 Å². The lowest BCUT2D eigenvalue weighted by Gasteiger charge is -2.25. The number of hydrogen-bond acceptors (Lipinski definition) is 3. The molecule has 19 heavy (non-hydrogen) atoms. The highest BCUT2D eigenvalue weighted by molar-refractivity contribution is 6.30. The topological polar surface area (TPSA) is 41.5 Å². The number of aliphatic hydroxyl groups excluding tert-OH is 1. The highest BCUT2D eigenvalue weighted by Crippen LogP contribution is 2.20. The van der Waals surface area contributed by atoms with Crippen LogP contribution >= 0.6 is 11.6 Å². The summed E-state index contributed by atoms with van der Waals surface area (Å²) in [5, 5.41) is 14.0. The molecule has 3 nitrogen and oxygen atoms in total.